The van der Waals surface area contributed by atoms with Crippen molar-refractivity contribution >= 4 is 76.2 Å². The number of hydrogen-bond acceptors (Lipinski definition) is 2. The van der Waals surface area contributed by atoms with Crippen molar-refractivity contribution in [1.29, 1.82) is 0 Å². The minimum Gasteiger partial charge on any atom is -0.456 e. The third-order valence-electron chi connectivity index (χ3n) is 9.25. The fourth-order valence-corrected chi connectivity index (χ4v) is 7.20. The number of furan rings is 2. The summed E-state index contributed by atoms with van der Waals surface area (Å²) in [7, 11) is 0. The van der Waals surface area contributed by atoms with E-state index in [1.165, 1.54) is 32.7 Å². The van der Waals surface area contributed by atoms with Crippen molar-refractivity contribution in [3.63, 3.8) is 0 Å². The van der Waals surface area contributed by atoms with Crippen LogP contribution in [0.25, 0.3) is 98.4 Å². The highest BCUT2D eigenvalue weighted by molar-refractivity contribution is 6.25. The van der Waals surface area contributed by atoms with Crippen molar-refractivity contribution in [3.8, 4) is 22.3 Å². The summed E-state index contributed by atoms with van der Waals surface area (Å²) >= 11 is 0. The third kappa shape index (κ3) is 3.31. The Morgan fingerprint density at radius 2 is 0.909 bits per heavy atom. The molecule has 0 amide bonds. The molecule has 0 fully saturated rings. The molecule has 10 aromatic rings. The monoisotopic (exact) mass is 560 g/mol. The summed E-state index contributed by atoms with van der Waals surface area (Å²) in [5, 5.41) is 11.8. The molecular weight excluding hydrogens is 536 g/mol. The van der Waals surface area contributed by atoms with E-state index in [-0.39, 0.29) is 0 Å². The average molecular weight is 561 g/mol. The highest BCUT2D eigenvalue weighted by Gasteiger charge is 2.16. The summed E-state index contributed by atoms with van der Waals surface area (Å²) < 4.78 is 12.8. The maximum absolute atomic E-state index is 6.45. The third-order valence-corrected chi connectivity index (χ3v) is 9.25. The molecule has 0 aliphatic carbocycles. The fourth-order valence-electron chi connectivity index (χ4n) is 7.20. The van der Waals surface area contributed by atoms with Crippen molar-refractivity contribution in [2.24, 2.45) is 0 Å². The van der Waals surface area contributed by atoms with Crippen molar-refractivity contribution in [2.75, 3.05) is 0 Å². The standard InChI is InChI=1S/C42H24O2/c1-3-9-30-28(7-1)23-29-8-2-4-10-31(29)40(30)26-15-13-25(14-16-26)27-17-18-36-39(24-27)43-38-22-21-35-33(41(36)38)19-20-34-32-11-5-6-12-37(32)44-42(34)35/h1-24H. The summed E-state index contributed by atoms with van der Waals surface area (Å²) in [6.07, 6.45) is 0. The summed E-state index contributed by atoms with van der Waals surface area (Å²) in [5.41, 5.74) is 8.41. The predicted octanol–water partition coefficient (Wildman–Crippen LogP) is 12.3. The van der Waals surface area contributed by atoms with Gasteiger partial charge in [0, 0.05) is 26.9 Å². The quantitative estimate of drug-likeness (QED) is 0.197. The van der Waals surface area contributed by atoms with Crippen LogP contribution in [0, 0.1) is 0 Å². The number of fused-ring (bicyclic) bond motifs is 11. The summed E-state index contributed by atoms with van der Waals surface area (Å²) in [4.78, 5) is 0. The molecule has 2 heterocycles. The Kier molecular flexibility index (Phi) is 4.75. The summed E-state index contributed by atoms with van der Waals surface area (Å²) in [5.74, 6) is 0. The molecule has 44 heavy (non-hydrogen) atoms. The number of hydrogen-bond donors (Lipinski definition) is 0. The van der Waals surface area contributed by atoms with Gasteiger partial charge < -0.3 is 8.83 Å². The van der Waals surface area contributed by atoms with Gasteiger partial charge in [-0.25, -0.2) is 0 Å². The zero-order valence-electron chi connectivity index (χ0n) is 23.7. The second-order valence-corrected chi connectivity index (χ2v) is 11.7. The lowest BCUT2D eigenvalue weighted by molar-refractivity contribution is 0.669. The van der Waals surface area contributed by atoms with Crippen molar-refractivity contribution in [1.82, 2.24) is 0 Å². The first kappa shape index (κ1) is 23.7. The fraction of sp³-hybridized carbons (Fsp3) is 0. The minimum absolute atomic E-state index is 0.887. The van der Waals surface area contributed by atoms with Crippen LogP contribution in [0.5, 0.6) is 0 Å². The van der Waals surface area contributed by atoms with E-state index in [4.69, 9.17) is 8.83 Å². The van der Waals surface area contributed by atoms with E-state index < -0.39 is 0 Å². The molecule has 204 valence electrons. The van der Waals surface area contributed by atoms with Gasteiger partial charge >= 0.3 is 0 Å². The van der Waals surface area contributed by atoms with Crippen LogP contribution < -0.4 is 0 Å². The van der Waals surface area contributed by atoms with E-state index in [0.29, 0.717) is 0 Å². The smallest absolute Gasteiger partial charge is 0.143 e. The second kappa shape index (κ2) is 8.82. The molecular formula is C42H24O2. The highest BCUT2D eigenvalue weighted by Crippen LogP contribution is 2.42. The van der Waals surface area contributed by atoms with Gasteiger partial charge in [0.15, 0.2) is 0 Å². The number of para-hydroxylation sites is 1. The molecule has 2 nitrogen and oxygen atoms in total. The zero-order valence-corrected chi connectivity index (χ0v) is 23.7. The minimum atomic E-state index is 0.887. The van der Waals surface area contributed by atoms with Crippen molar-refractivity contribution in [2.45, 2.75) is 0 Å². The second-order valence-electron chi connectivity index (χ2n) is 11.7. The van der Waals surface area contributed by atoms with Crippen LogP contribution in [0.4, 0.5) is 0 Å². The molecule has 0 bridgehead atoms. The van der Waals surface area contributed by atoms with E-state index in [1.54, 1.807) is 0 Å². The molecule has 0 aliphatic rings. The lowest BCUT2D eigenvalue weighted by Crippen LogP contribution is -1.86. The van der Waals surface area contributed by atoms with Crippen LogP contribution in [0.2, 0.25) is 0 Å². The Balaban J connectivity index is 1.11. The van der Waals surface area contributed by atoms with Crippen molar-refractivity contribution in [3.05, 3.63) is 146 Å². The maximum Gasteiger partial charge on any atom is 0.143 e. The molecule has 2 aromatic heterocycles. The molecule has 8 aromatic carbocycles. The van der Waals surface area contributed by atoms with Crippen LogP contribution in [0.1, 0.15) is 0 Å². The SMILES string of the molecule is c1ccc2c(-c3ccc(-c4ccc5c(c4)oc4ccc6c(ccc7c8ccccc8oc76)c45)cc3)c3ccccc3cc2c1. The van der Waals surface area contributed by atoms with Crippen molar-refractivity contribution < 1.29 is 8.83 Å². The molecule has 0 radical (unpaired) electrons. The van der Waals surface area contributed by atoms with Gasteiger partial charge in [-0.2, -0.15) is 0 Å². The van der Waals surface area contributed by atoms with E-state index >= 15 is 0 Å². The molecule has 10 rings (SSSR count). The Hall–Kier alpha value is -5.86. The van der Waals surface area contributed by atoms with Gasteiger partial charge in [0.05, 0.1) is 0 Å². The largest absolute Gasteiger partial charge is 0.456 e. The van der Waals surface area contributed by atoms with Crippen LogP contribution in [-0.2, 0) is 0 Å². The lowest BCUT2D eigenvalue weighted by Gasteiger charge is -2.13. The van der Waals surface area contributed by atoms with Gasteiger partial charge in [-0.15, -0.1) is 0 Å². The highest BCUT2D eigenvalue weighted by atomic mass is 16.3. The molecule has 0 atom stereocenters. The molecule has 0 spiro atoms. The van der Waals surface area contributed by atoms with E-state index in [0.717, 1.165) is 65.8 Å². The first-order chi connectivity index (χ1) is 21.8. The maximum atomic E-state index is 6.45. The molecule has 0 saturated carbocycles. The van der Waals surface area contributed by atoms with E-state index in [2.05, 4.69) is 133 Å². The topological polar surface area (TPSA) is 26.3 Å². The molecule has 2 heteroatoms. The predicted molar refractivity (Wildman–Crippen MR) is 184 cm³/mol. The molecule has 0 N–H and O–H groups in total. The van der Waals surface area contributed by atoms with Gasteiger partial charge in [0.25, 0.3) is 0 Å². The van der Waals surface area contributed by atoms with E-state index in [1.807, 2.05) is 12.1 Å². The number of benzene rings is 8. The van der Waals surface area contributed by atoms with Crippen LogP contribution >= 0.6 is 0 Å². The first-order valence-electron chi connectivity index (χ1n) is 15.0. The lowest BCUT2D eigenvalue weighted by atomic mass is 9.91. The van der Waals surface area contributed by atoms with Crippen LogP contribution in [-0.4, -0.2) is 0 Å². The molecule has 0 unspecified atom stereocenters. The summed E-state index contributed by atoms with van der Waals surface area (Å²) in [6.45, 7) is 0. The Labute approximate surface area is 252 Å². The average Bonchev–Trinajstić information content (AvgIpc) is 3.65. The van der Waals surface area contributed by atoms with Crippen LogP contribution in [0.3, 0.4) is 0 Å². The number of rotatable bonds is 2. The van der Waals surface area contributed by atoms with E-state index in [9.17, 15) is 0 Å². The summed E-state index contributed by atoms with van der Waals surface area (Å²) in [6, 6.07) is 52.0. The van der Waals surface area contributed by atoms with Gasteiger partial charge in [-0.05, 0) is 91.6 Å². The normalized spacial score (nSPS) is 12.1. The van der Waals surface area contributed by atoms with Crippen LogP contribution in [0.15, 0.2) is 154 Å². The Morgan fingerprint density at radius 1 is 0.318 bits per heavy atom. The first-order valence-corrected chi connectivity index (χ1v) is 15.0. The van der Waals surface area contributed by atoms with Gasteiger partial charge in [-0.1, -0.05) is 103 Å². The van der Waals surface area contributed by atoms with Gasteiger partial charge in [0.2, 0.25) is 0 Å². The zero-order chi connectivity index (χ0) is 28.8. The van der Waals surface area contributed by atoms with Gasteiger partial charge in [-0.3, -0.25) is 0 Å². The molecule has 0 saturated heterocycles. The Bertz CT molecular complexity index is 2700. The molecule has 0 aliphatic heterocycles. The van der Waals surface area contributed by atoms with Gasteiger partial charge in [0.1, 0.15) is 22.3 Å². The Morgan fingerprint density at radius 3 is 1.70 bits per heavy atom.